The number of halogens is 1. The third-order valence-electron chi connectivity index (χ3n) is 1.62. The molecule has 0 aliphatic rings. The predicted octanol–water partition coefficient (Wildman–Crippen LogP) is 1.58. The minimum absolute atomic E-state index is 0.145. The van der Waals surface area contributed by atoms with Crippen molar-refractivity contribution in [1.82, 2.24) is 0 Å². The number of benzene rings is 1. The lowest BCUT2D eigenvalue weighted by atomic mass is 10.1. The monoisotopic (exact) mass is 189 g/mol. The zero-order chi connectivity index (χ0) is 10.4. The molecular weight excluding hydrogens is 181 g/mol. The number of aliphatic hydroxyl groups is 1. The lowest BCUT2D eigenvalue weighted by Crippen LogP contribution is -1.90. The van der Waals surface area contributed by atoms with Gasteiger partial charge in [0, 0.05) is 11.1 Å². The Hall–Kier alpha value is -1.84. The smallest absolute Gasteiger partial charge is 0.128 e. The minimum atomic E-state index is -0.446. The molecule has 3 heteroatoms. The Bertz CT molecular complexity index is 423. The third kappa shape index (κ3) is 2.58. The van der Waals surface area contributed by atoms with Gasteiger partial charge in [0.25, 0.3) is 0 Å². The van der Waals surface area contributed by atoms with Crippen LogP contribution >= 0.6 is 0 Å². The molecule has 70 valence electrons. The van der Waals surface area contributed by atoms with Crippen LogP contribution in [0.3, 0.4) is 0 Å². The van der Waals surface area contributed by atoms with Crippen molar-refractivity contribution in [3.8, 4) is 17.9 Å². The molecule has 0 fully saturated rings. The number of nitrogens with zero attached hydrogens (tertiary/aromatic N) is 1. The number of aliphatic hydroxyl groups excluding tert-OH is 1. The summed E-state index contributed by atoms with van der Waals surface area (Å²) in [7, 11) is 0. The van der Waals surface area contributed by atoms with E-state index in [2.05, 4.69) is 11.8 Å². The van der Waals surface area contributed by atoms with Gasteiger partial charge in [0.2, 0.25) is 0 Å². The summed E-state index contributed by atoms with van der Waals surface area (Å²) in [4.78, 5) is 0. The fourth-order valence-electron chi connectivity index (χ4n) is 0.959. The molecule has 0 radical (unpaired) electrons. The molecule has 0 spiro atoms. The van der Waals surface area contributed by atoms with Gasteiger partial charge in [-0.1, -0.05) is 11.8 Å². The largest absolute Gasteiger partial charge is 0.392 e. The highest BCUT2D eigenvalue weighted by Gasteiger charge is 2.00. The quantitative estimate of drug-likeness (QED) is 0.681. The summed E-state index contributed by atoms with van der Waals surface area (Å²) in [6.45, 7) is -0.348. The normalized spacial score (nSPS) is 8.64. The molecule has 14 heavy (non-hydrogen) atoms. The van der Waals surface area contributed by atoms with Gasteiger partial charge >= 0.3 is 0 Å². The van der Waals surface area contributed by atoms with Gasteiger partial charge in [-0.05, 0) is 18.2 Å². The van der Waals surface area contributed by atoms with E-state index >= 15 is 0 Å². The second-order valence-corrected chi connectivity index (χ2v) is 2.60. The van der Waals surface area contributed by atoms with Gasteiger partial charge in [-0.15, -0.1) is 0 Å². The van der Waals surface area contributed by atoms with Crippen LogP contribution in [-0.2, 0) is 6.61 Å². The molecule has 0 amide bonds. The first kappa shape index (κ1) is 10.2. The topological polar surface area (TPSA) is 44.0 Å². The van der Waals surface area contributed by atoms with Gasteiger partial charge < -0.3 is 5.11 Å². The van der Waals surface area contributed by atoms with Crippen LogP contribution in [0.25, 0.3) is 0 Å². The van der Waals surface area contributed by atoms with Crippen molar-refractivity contribution < 1.29 is 9.50 Å². The Labute approximate surface area is 81.6 Å². The number of hydrogen-bond acceptors (Lipinski definition) is 2. The molecule has 0 aromatic heterocycles. The molecule has 1 rings (SSSR count). The van der Waals surface area contributed by atoms with Crippen LogP contribution in [0.15, 0.2) is 18.2 Å². The molecule has 2 nitrogen and oxygen atoms in total. The van der Waals surface area contributed by atoms with Crippen LogP contribution in [0.5, 0.6) is 0 Å². The zero-order valence-corrected chi connectivity index (χ0v) is 7.42. The van der Waals surface area contributed by atoms with Crippen LogP contribution in [-0.4, -0.2) is 5.11 Å². The Morgan fingerprint density at radius 3 is 2.86 bits per heavy atom. The number of hydrogen-bond donors (Lipinski definition) is 1. The van der Waals surface area contributed by atoms with Crippen LogP contribution in [0, 0.1) is 29.0 Å². The van der Waals surface area contributed by atoms with E-state index in [0.717, 1.165) is 0 Å². The summed E-state index contributed by atoms with van der Waals surface area (Å²) < 4.78 is 12.9. The van der Waals surface area contributed by atoms with Gasteiger partial charge in [-0.2, -0.15) is 5.26 Å². The van der Waals surface area contributed by atoms with E-state index in [1.807, 2.05) is 6.07 Å². The maximum Gasteiger partial charge on any atom is 0.128 e. The fraction of sp³-hybridized carbons (Fsp3) is 0.182. The molecule has 0 heterocycles. The number of rotatable bonds is 1. The van der Waals surface area contributed by atoms with Crippen LogP contribution in [0.2, 0.25) is 0 Å². The second kappa shape index (κ2) is 5.01. The second-order valence-electron chi connectivity index (χ2n) is 2.60. The van der Waals surface area contributed by atoms with Crippen molar-refractivity contribution in [2.75, 3.05) is 0 Å². The lowest BCUT2D eigenvalue weighted by molar-refractivity contribution is 0.275. The maximum atomic E-state index is 12.9. The van der Waals surface area contributed by atoms with Crippen LogP contribution in [0.1, 0.15) is 17.5 Å². The van der Waals surface area contributed by atoms with Gasteiger partial charge in [0.05, 0.1) is 19.1 Å². The summed E-state index contributed by atoms with van der Waals surface area (Å²) in [5.41, 5.74) is 0.819. The average molecular weight is 189 g/mol. The van der Waals surface area contributed by atoms with Crippen molar-refractivity contribution >= 4 is 0 Å². The van der Waals surface area contributed by atoms with E-state index in [0.29, 0.717) is 5.56 Å². The lowest BCUT2D eigenvalue weighted by Gasteiger charge is -1.98. The summed E-state index contributed by atoms with van der Waals surface area (Å²) >= 11 is 0. The first-order valence-electron chi connectivity index (χ1n) is 4.03. The summed E-state index contributed by atoms with van der Waals surface area (Å²) in [6, 6.07) is 6.12. The fourth-order valence-corrected chi connectivity index (χ4v) is 0.959. The van der Waals surface area contributed by atoms with Crippen LogP contribution in [0.4, 0.5) is 4.39 Å². The first-order valence-corrected chi connectivity index (χ1v) is 4.03. The van der Waals surface area contributed by atoms with E-state index in [4.69, 9.17) is 10.4 Å². The van der Waals surface area contributed by atoms with E-state index in [-0.39, 0.29) is 18.6 Å². The zero-order valence-electron chi connectivity index (χ0n) is 7.42. The molecule has 0 unspecified atom stereocenters. The molecule has 1 aromatic carbocycles. The molecule has 0 aliphatic heterocycles. The molecule has 0 aliphatic carbocycles. The third-order valence-corrected chi connectivity index (χ3v) is 1.62. The van der Waals surface area contributed by atoms with E-state index in [9.17, 15) is 4.39 Å². The molecule has 1 aromatic rings. The van der Waals surface area contributed by atoms with Crippen molar-refractivity contribution in [3.05, 3.63) is 35.1 Å². The molecule has 0 atom stereocenters. The summed E-state index contributed by atoms with van der Waals surface area (Å²) in [6.07, 6.45) is 0.145. The van der Waals surface area contributed by atoms with E-state index in [1.165, 1.54) is 18.2 Å². The van der Waals surface area contributed by atoms with Crippen molar-refractivity contribution in [1.29, 1.82) is 5.26 Å². The Morgan fingerprint density at radius 2 is 2.21 bits per heavy atom. The molecule has 0 bridgehead atoms. The Balaban J connectivity index is 2.92. The first-order chi connectivity index (χ1) is 6.77. The van der Waals surface area contributed by atoms with Crippen molar-refractivity contribution in [3.63, 3.8) is 0 Å². The predicted molar refractivity (Wildman–Crippen MR) is 49.4 cm³/mol. The highest BCUT2D eigenvalue weighted by Crippen LogP contribution is 2.09. The molecule has 0 saturated heterocycles. The van der Waals surface area contributed by atoms with E-state index in [1.54, 1.807) is 0 Å². The average Bonchev–Trinajstić information content (AvgIpc) is 2.21. The number of nitriles is 1. The minimum Gasteiger partial charge on any atom is -0.392 e. The molecule has 1 N–H and O–H groups in total. The summed E-state index contributed by atoms with van der Waals surface area (Å²) in [5.74, 6) is 4.86. The maximum absolute atomic E-state index is 12.9. The Morgan fingerprint density at radius 1 is 1.43 bits per heavy atom. The standard InChI is InChI=1S/C11H8FNO/c12-11-5-4-9(3-1-2-6-13)7-10(11)8-14/h4-5,7,14H,2,8H2. The van der Waals surface area contributed by atoms with E-state index < -0.39 is 5.82 Å². The SMILES string of the molecule is N#CCC#Cc1ccc(F)c(CO)c1. The van der Waals surface area contributed by atoms with Gasteiger partial charge in [0.15, 0.2) is 0 Å². The molecular formula is C11H8FNO. The Kier molecular flexibility index (Phi) is 3.67. The van der Waals surface area contributed by atoms with Gasteiger partial charge in [0.1, 0.15) is 5.82 Å². The van der Waals surface area contributed by atoms with Gasteiger partial charge in [-0.3, -0.25) is 0 Å². The summed E-state index contributed by atoms with van der Waals surface area (Å²) in [5, 5.41) is 17.0. The highest BCUT2D eigenvalue weighted by molar-refractivity contribution is 5.37. The molecule has 0 saturated carbocycles. The highest BCUT2D eigenvalue weighted by atomic mass is 19.1. The van der Waals surface area contributed by atoms with Crippen LogP contribution < -0.4 is 0 Å². The van der Waals surface area contributed by atoms with Crippen molar-refractivity contribution in [2.45, 2.75) is 13.0 Å². The van der Waals surface area contributed by atoms with Gasteiger partial charge in [-0.25, -0.2) is 4.39 Å². The van der Waals surface area contributed by atoms with Crippen molar-refractivity contribution in [2.24, 2.45) is 0 Å².